The summed E-state index contributed by atoms with van der Waals surface area (Å²) in [6.45, 7) is 4.71. The maximum Gasteiger partial charge on any atom is 0.287 e. The summed E-state index contributed by atoms with van der Waals surface area (Å²) in [7, 11) is 0. The van der Waals surface area contributed by atoms with Gasteiger partial charge in [-0.05, 0) is 67.1 Å². The van der Waals surface area contributed by atoms with Crippen molar-refractivity contribution < 1.29 is 9.21 Å². The minimum Gasteiger partial charge on any atom is -0.459 e. The average molecular weight is 454 g/mol. The number of benzene rings is 2. The first-order valence-electron chi connectivity index (χ1n) is 10.3. The fourth-order valence-electron chi connectivity index (χ4n) is 3.49. The van der Waals surface area contributed by atoms with Gasteiger partial charge in [-0.15, -0.1) is 11.8 Å². The van der Waals surface area contributed by atoms with Crippen LogP contribution in [0.3, 0.4) is 0 Å². The van der Waals surface area contributed by atoms with Gasteiger partial charge in [0.1, 0.15) is 5.82 Å². The highest BCUT2D eigenvalue weighted by atomic mass is 35.5. The molecule has 0 aliphatic rings. The first-order chi connectivity index (χ1) is 15.0. The Morgan fingerprint density at radius 2 is 2.10 bits per heavy atom. The minimum atomic E-state index is -0.309. The molecule has 0 aliphatic heterocycles. The molecule has 0 saturated heterocycles. The number of rotatable bonds is 8. The second-order valence-corrected chi connectivity index (χ2v) is 8.96. The van der Waals surface area contributed by atoms with Crippen LogP contribution in [-0.2, 0) is 6.54 Å². The molecule has 0 bridgehead atoms. The van der Waals surface area contributed by atoms with Crippen LogP contribution in [0.25, 0.3) is 11.0 Å². The summed E-state index contributed by atoms with van der Waals surface area (Å²) in [5, 5.41) is 3.69. The van der Waals surface area contributed by atoms with Crippen LogP contribution in [-0.4, -0.2) is 21.2 Å². The number of halogens is 1. The van der Waals surface area contributed by atoms with E-state index in [1.54, 1.807) is 12.1 Å². The Hall–Kier alpha value is -2.70. The first-order valence-corrected chi connectivity index (χ1v) is 11.6. The monoisotopic (exact) mass is 453 g/mol. The van der Waals surface area contributed by atoms with E-state index in [-0.39, 0.29) is 17.7 Å². The number of fused-ring (bicyclic) bond motifs is 1. The van der Waals surface area contributed by atoms with E-state index in [0.717, 1.165) is 34.6 Å². The molecule has 1 N–H and O–H groups in total. The Kier molecular flexibility index (Phi) is 6.68. The Morgan fingerprint density at radius 3 is 2.84 bits per heavy atom. The molecule has 160 valence electrons. The molecule has 0 spiro atoms. The van der Waals surface area contributed by atoms with Crippen LogP contribution in [0.1, 0.15) is 48.3 Å². The third-order valence-electron chi connectivity index (χ3n) is 4.93. The van der Waals surface area contributed by atoms with E-state index in [9.17, 15) is 4.79 Å². The van der Waals surface area contributed by atoms with Crippen molar-refractivity contribution in [3.8, 4) is 0 Å². The maximum atomic E-state index is 12.5. The lowest BCUT2D eigenvalue weighted by atomic mass is 10.2. The van der Waals surface area contributed by atoms with Gasteiger partial charge in [0.2, 0.25) is 0 Å². The Balaban J connectivity index is 1.71. The predicted octanol–water partition coefficient (Wildman–Crippen LogP) is 6.32. The highest BCUT2D eigenvalue weighted by molar-refractivity contribution is 7.99. The van der Waals surface area contributed by atoms with Crippen molar-refractivity contribution in [2.24, 2.45) is 0 Å². The zero-order valence-electron chi connectivity index (χ0n) is 17.5. The molecule has 5 nitrogen and oxygen atoms in total. The summed E-state index contributed by atoms with van der Waals surface area (Å²) in [5.41, 5.74) is 3.01. The van der Waals surface area contributed by atoms with E-state index in [0.29, 0.717) is 11.6 Å². The van der Waals surface area contributed by atoms with Gasteiger partial charge in [-0.2, -0.15) is 0 Å². The van der Waals surface area contributed by atoms with Crippen molar-refractivity contribution in [3.05, 3.63) is 83.0 Å². The van der Waals surface area contributed by atoms with Crippen LogP contribution in [0.2, 0.25) is 5.02 Å². The number of imidazole rings is 1. The number of amides is 1. The number of hydrogen-bond acceptors (Lipinski definition) is 4. The molecule has 1 atom stereocenters. The molecule has 2 aromatic carbocycles. The van der Waals surface area contributed by atoms with E-state index in [1.807, 2.05) is 43.0 Å². The van der Waals surface area contributed by atoms with E-state index in [2.05, 4.69) is 35.0 Å². The van der Waals surface area contributed by atoms with Crippen LogP contribution in [0.4, 0.5) is 0 Å². The number of carbonyl (C=O) groups is 1. The second kappa shape index (κ2) is 9.62. The van der Waals surface area contributed by atoms with Crippen molar-refractivity contribution in [2.75, 3.05) is 5.75 Å². The van der Waals surface area contributed by atoms with E-state index in [1.165, 1.54) is 11.2 Å². The molecule has 1 unspecified atom stereocenters. The third-order valence-corrected chi connectivity index (χ3v) is 6.37. The van der Waals surface area contributed by atoms with E-state index in [4.69, 9.17) is 21.0 Å². The highest BCUT2D eigenvalue weighted by Crippen LogP contribution is 2.28. The second-order valence-electron chi connectivity index (χ2n) is 7.36. The SMILES string of the molecule is CCCSc1ccc2c(c1)nc(C(C)NC(=O)c1ccco1)n2Cc1cccc(Cl)c1. The van der Waals surface area contributed by atoms with Crippen molar-refractivity contribution in [1.29, 1.82) is 0 Å². The summed E-state index contributed by atoms with van der Waals surface area (Å²) in [5.74, 6) is 1.87. The fourth-order valence-corrected chi connectivity index (χ4v) is 4.50. The number of hydrogen-bond donors (Lipinski definition) is 1. The van der Waals surface area contributed by atoms with Gasteiger partial charge in [0.05, 0.1) is 23.3 Å². The fraction of sp³-hybridized carbons (Fsp3) is 0.250. The van der Waals surface area contributed by atoms with E-state index >= 15 is 0 Å². The molecular formula is C24H24ClN3O2S. The molecule has 2 aromatic heterocycles. The van der Waals surface area contributed by atoms with Gasteiger partial charge < -0.3 is 14.3 Å². The van der Waals surface area contributed by atoms with Gasteiger partial charge in [0.15, 0.2) is 5.76 Å². The van der Waals surface area contributed by atoms with Gasteiger partial charge in [-0.1, -0.05) is 30.7 Å². The van der Waals surface area contributed by atoms with Crippen LogP contribution in [0.5, 0.6) is 0 Å². The minimum absolute atomic E-state index is 0.266. The number of nitrogens with one attached hydrogen (secondary N) is 1. The topological polar surface area (TPSA) is 60.1 Å². The van der Waals surface area contributed by atoms with E-state index < -0.39 is 0 Å². The molecule has 2 heterocycles. The molecule has 1 amide bonds. The van der Waals surface area contributed by atoms with Gasteiger partial charge in [0.25, 0.3) is 5.91 Å². The number of furan rings is 1. The number of thioether (sulfide) groups is 1. The van der Waals surface area contributed by atoms with Gasteiger partial charge >= 0.3 is 0 Å². The molecule has 0 aliphatic carbocycles. The molecule has 0 saturated carbocycles. The van der Waals surface area contributed by atoms with Gasteiger partial charge in [-0.25, -0.2) is 4.98 Å². The van der Waals surface area contributed by atoms with Crippen LogP contribution in [0.15, 0.2) is 70.2 Å². The lowest BCUT2D eigenvalue weighted by Gasteiger charge is -2.16. The smallest absolute Gasteiger partial charge is 0.287 e. The summed E-state index contributed by atoms with van der Waals surface area (Å²) in [6, 6.07) is 17.2. The zero-order chi connectivity index (χ0) is 21.8. The number of nitrogens with zero attached hydrogens (tertiary/aromatic N) is 2. The van der Waals surface area contributed by atoms with Crippen LogP contribution < -0.4 is 5.32 Å². The third kappa shape index (κ3) is 4.97. The highest BCUT2D eigenvalue weighted by Gasteiger charge is 2.20. The maximum absolute atomic E-state index is 12.5. The Bertz CT molecular complexity index is 1190. The predicted molar refractivity (Wildman–Crippen MR) is 126 cm³/mol. The van der Waals surface area contributed by atoms with Gasteiger partial charge in [-0.3, -0.25) is 4.79 Å². The molecule has 31 heavy (non-hydrogen) atoms. The zero-order valence-corrected chi connectivity index (χ0v) is 19.0. The molecule has 0 fully saturated rings. The number of carbonyl (C=O) groups excluding carboxylic acids is 1. The van der Waals surface area contributed by atoms with Crippen LogP contribution in [0, 0.1) is 0 Å². The number of aromatic nitrogens is 2. The molecule has 4 aromatic rings. The summed E-state index contributed by atoms with van der Waals surface area (Å²) >= 11 is 8.03. The molecule has 0 radical (unpaired) electrons. The normalized spacial score (nSPS) is 12.2. The summed E-state index contributed by atoms with van der Waals surface area (Å²) in [6.07, 6.45) is 2.61. The van der Waals surface area contributed by atoms with Crippen molar-refractivity contribution in [1.82, 2.24) is 14.9 Å². The average Bonchev–Trinajstić information content (AvgIpc) is 3.41. The van der Waals surface area contributed by atoms with Crippen molar-refractivity contribution in [3.63, 3.8) is 0 Å². The Morgan fingerprint density at radius 1 is 1.23 bits per heavy atom. The van der Waals surface area contributed by atoms with Crippen molar-refractivity contribution in [2.45, 2.75) is 37.8 Å². The largest absolute Gasteiger partial charge is 0.459 e. The quantitative estimate of drug-likeness (QED) is 0.317. The first kappa shape index (κ1) is 21.5. The summed E-state index contributed by atoms with van der Waals surface area (Å²) in [4.78, 5) is 18.6. The Labute approximate surface area is 190 Å². The standard InChI is InChI=1S/C24H24ClN3O2S/c1-3-12-31-19-9-10-21-20(14-19)27-23(16(2)26-24(29)22-8-5-11-30-22)28(21)15-17-6-4-7-18(25)13-17/h4-11,13-14,16H,3,12,15H2,1-2H3,(H,26,29). The van der Waals surface area contributed by atoms with Crippen molar-refractivity contribution >= 4 is 40.3 Å². The molecule has 4 rings (SSSR count). The lowest BCUT2D eigenvalue weighted by Crippen LogP contribution is -2.28. The molecule has 7 heteroatoms. The van der Waals surface area contributed by atoms with Crippen LogP contribution >= 0.6 is 23.4 Å². The van der Waals surface area contributed by atoms with Gasteiger partial charge in [0, 0.05) is 16.5 Å². The molecular weight excluding hydrogens is 430 g/mol. The lowest BCUT2D eigenvalue weighted by molar-refractivity contribution is 0.0909. The summed E-state index contributed by atoms with van der Waals surface area (Å²) < 4.78 is 7.37.